The van der Waals surface area contributed by atoms with Gasteiger partial charge in [0.05, 0.1) is 4.92 Å². The van der Waals surface area contributed by atoms with Crippen molar-refractivity contribution < 1.29 is 9.72 Å². The lowest BCUT2D eigenvalue weighted by molar-refractivity contribution is -0.384. The SMILES string of the molecule is N#CC(=Cc1ccc(N2CCCCC2)c([N+](=O)[O-])c1)C(N)=O. The van der Waals surface area contributed by atoms with E-state index in [-0.39, 0.29) is 11.3 Å². The van der Waals surface area contributed by atoms with E-state index in [1.165, 1.54) is 12.1 Å². The minimum atomic E-state index is -0.856. The van der Waals surface area contributed by atoms with Gasteiger partial charge in [-0.3, -0.25) is 14.9 Å². The van der Waals surface area contributed by atoms with E-state index >= 15 is 0 Å². The third kappa shape index (κ3) is 3.41. The summed E-state index contributed by atoms with van der Waals surface area (Å²) in [6.07, 6.45) is 4.42. The van der Waals surface area contributed by atoms with Crippen molar-refractivity contribution in [3.63, 3.8) is 0 Å². The molecule has 1 aliphatic rings. The van der Waals surface area contributed by atoms with Crippen LogP contribution < -0.4 is 10.6 Å². The number of carbonyl (C=O) groups excluding carboxylic acids is 1. The molecule has 0 atom stereocenters. The fourth-order valence-corrected chi connectivity index (χ4v) is 2.50. The Hall–Kier alpha value is -2.88. The Morgan fingerprint density at radius 3 is 2.59 bits per heavy atom. The molecule has 22 heavy (non-hydrogen) atoms. The van der Waals surface area contributed by atoms with Gasteiger partial charge in [-0.2, -0.15) is 5.26 Å². The largest absolute Gasteiger partial charge is 0.366 e. The summed E-state index contributed by atoms with van der Waals surface area (Å²) >= 11 is 0. The van der Waals surface area contributed by atoms with Crippen molar-refractivity contribution in [1.29, 1.82) is 5.26 Å². The van der Waals surface area contributed by atoms with Gasteiger partial charge in [0.25, 0.3) is 11.6 Å². The summed E-state index contributed by atoms with van der Waals surface area (Å²) in [6, 6.07) is 6.36. The number of rotatable bonds is 4. The number of nitrogens with zero attached hydrogens (tertiary/aromatic N) is 3. The molecule has 0 radical (unpaired) electrons. The van der Waals surface area contributed by atoms with Gasteiger partial charge in [0, 0.05) is 19.2 Å². The Morgan fingerprint density at radius 2 is 2.05 bits per heavy atom. The Kier molecular flexibility index (Phi) is 4.73. The average molecular weight is 300 g/mol. The van der Waals surface area contributed by atoms with Gasteiger partial charge in [-0.05, 0) is 37.0 Å². The van der Waals surface area contributed by atoms with Crippen LogP contribution in [0.1, 0.15) is 24.8 Å². The van der Waals surface area contributed by atoms with E-state index in [0.717, 1.165) is 32.4 Å². The van der Waals surface area contributed by atoms with Gasteiger partial charge in [-0.1, -0.05) is 6.07 Å². The highest BCUT2D eigenvalue weighted by Crippen LogP contribution is 2.31. The number of benzene rings is 1. The highest BCUT2D eigenvalue weighted by Gasteiger charge is 2.21. The first-order valence-corrected chi connectivity index (χ1v) is 6.98. The molecule has 1 aliphatic heterocycles. The fourth-order valence-electron chi connectivity index (χ4n) is 2.50. The van der Waals surface area contributed by atoms with Gasteiger partial charge >= 0.3 is 0 Å². The van der Waals surface area contributed by atoms with Crippen molar-refractivity contribution in [1.82, 2.24) is 0 Å². The molecule has 0 saturated carbocycles. The zero-order valence-corrected chi connectivity index (χ0v) is 12.0. The summed E-state index contributed by atoms with van der Waals surface area (Å²) in [7, 11) is 0. The molecule has 1 aromatic carbocycles. The molecule has 0 bridgehead atoms. The number of carbonyl (C=O) groups is 1. The minimum absolute atomic E-state index is 0.0302. The van der Waals surface area contributed by atoms with Crippen LogP contribution in [-0.2, 0) is 4.79 Å². The number of primary amides is 1. The maximum absolute atomic E-state index is 11.3. The van der Waals surface area contributed by atoms with Gasteiger partial charge in [-0.15, -0.1) is 0 Å². The molecule has 0 spiro atoms. The van der Waals surface area contributed by atoms with Crippen LogP contribution >= 0.6 is 0 Å². The number of hydrogen-bond acceptors (Lipinski definition) is 5. The van der Waals surface area contributed by atoms with Gasteiger partial charge < -0.3 is 10.6 Å². The quantitative estimate of drug-likeness (QED) is 0.395. The lowest BCUT2D eigenvalue weighted by Gasteiger charge is -2.28. The number of nitro benzene ring substituents is 1. The van der Waals surface area contributed by atoms with Crippen LogP contribution in [0, 0.1) is 21.4 Å². The van der Waals surface area contributed by atoms with Gasteiger partial charge in [0.15, 0.2) is 0 Å². The molecule has 7 heteroatoms. The Morgan fingerprint density at radius 1 is 1.36 bits per heavy atom. The topological polar surface area (TPSA) is 113 Å². The first-order chi connectivity index (χ1) is 10.5. The van der Waals surface area contributed by atoms with Crippen molar-refractivity contribution in [2.24, 2.45) is 5.73 Å². The maximum atomic E-state index is 11.3. The number of amides is 1. The summed E-state index contributed by atoms with van der Waals surface area (Å²) in [5.41, 5.74) is 5.78. The molecule has 0 aromatic heterocycles. The first kappa shape index (κ1) is 15.5. The highest BCUT2D eigenvalue weighted by molar-refractivity contribution is 6.00. The van der Waals surface area contributed by atoms with Crippen LogP contribution in [0.3, 0.4) is 0 Å². The molecule has 0 unspecified atom stereocenters. The van der Waals surface area contributed by atoms with E-state index in [4.69, 9.17) is 11.0 Å². The molecule has 7 nitrogen and oxygen atoms in total. The number of hydrogen-bond donors (Lipinski definition) is 1. The number of nitro groups is 1. The zero-order valence-electron chi connectivity index (χ0n) is 12.0. The van der Waals surface area contributed by atoms with Crippen molar-refractivity contribution in [2.75, 3.05) is 18.0 Å². The molecular weight excluding hydrogens is 284 g/mol. The van der Waals surface area contributed by atoms with E-state index in [1.807, 2.05) is 4.90 Å². The highest BCUT2D eigenvalue weighted by atomic mass is 16.6. The summed E-state index contributed by atoms with van der Waals surface area (Å²) in [5, 5.41) is 20.1. The van der Waals surface area contributed by atoms with E-state index < -0.39 is 10.8 Å². The molecule has 2 N–H and O–H groups in total. The summed E-state index contributed by atoms with van der Waals surface area (Å²) in [5.74, 6) is -0.856. The Bertz CT molecular complexity index is 670. The van der Waals surface area contributed by atoms with Crippen molar-refractivity contribution >= 4 is 23.4 Å². The molecular formula is C15H16N4O3. The van der Waals surface area contributed by atoms with E-state index in [9.17, 15) is 14.9 Å². The molecule has 1 aromatic rings. The molecule has 2 rings (SSSR count). The minimum Gasteiger partial charge on any atom is -0.366 e. The zero-order chi connectivity index (χ0) is 16.1. The standard InChI is InChI=1S/C15H16N4O3/c16-10-12(15(17)20)8-11-4-5-13(14(9-11)19(21)22)18-6-2-1-3-7-18/h4-5,8-9H,1-3,6-7H2,(H2,17,20). The molecule has 0 aliphatic carbocycles. The maximum Gasteiger partial charge on any atom is 0.293 e. The van der Waals surface area contributed by atoms with Crippen molar-refractivity contribution in [3.8, 4) is 6.07 Å². The third-order valence-corrected chi connectivity index (χ3v) is 3.59. The average Bonchev–Trinajstić information content (AvgIpc) is 2.52. The van der Waals surface area contributed by atoms with Gasteiger partial charge in [0.1, 0.15) is 17.3 Å². The third-order valence-electron chi connectivity index (χ3n) is 3.59. The Balaban J connectivity index is 2.41. The molecule has 114 valence electrons. The van der Waals surface area contributed by atoms with Crippen LogP contribution in [0.5, 0.6) is 0 Å². The molecule has 1 amide bonds. The van der Waals surface area contributed by atoms with Crippen molar-refractivity contribution in [3.05, 3.63) is 39.4 Å². The van der Waals surface area contributed by atoms with E-state index in [1.54, 1.807) is 18.2 Å². The van der Waals surface area contributed by atoms with Gasteiger partial charge in [-0.25, -0.2) is 0 Å². The number of nitriles is 1. The summed E-state index contributed by atoms with van der Waals surface area (Å²) in [4.78, 5) is 23.9. The second-order valence-electron chi connectivity index (χ2n) is 5.09. The van der Waals surface area contributed by atoms with Gasteiger partial charge in [0.2, 0.25) is 0 Å². The first-order valence-electron chi connectivity index (χ1n) is 6.98. The normalized spacial score (nSPS) is 15.2. The fraction of sp³-hybridized carbons (Fsp3) is 0.333. The van der Waals surface area contributed by atoms with Crippen LogP contribution in [-0.4, -0.2) is 23.9 Å². The molecule has 1 saturated heterocycles. The smallest absolute Gasteiger partial charge is 0.293 e. The predicted molar refractivity (Wildman–Crippen MR) is 81.9 cm³/mol. The number of piperidine rings is 1. The van der Waals surface area contributed by atoms with Crippen LogP contribution in [0.25, 0.3) is 6.08 Å². The van der Waals surface area contributed by atoms with Crippen LogP contribution in [0.4, 0.5) is 11.4 Å². The number of nitrogens with two attached hydrogens (primary N) is 1. The van der Waals surface area contributed by atoms with E-state index in [2.05, 4.69) is 0 Å². The van der Waals surface area contributed by atoms with E-state index in [0.29, 0.717) is 11.3 Å². The lowest BCUT2D eigenvalue weighted by atomic mass is 10.1. The second kappa shape index (κ2) is 6.72. The Labute approximate surface area is 127 Å². The molecule has 1 heterocycles. The summed E-state index contributed by atoms with van der Waals surface area (Å²) in [6.45, 7) is 1.58. The monoisotopic (exact) mass is 300 g/mol. The van der Waals surface area contributed by atoms with Crippen LogP contribution in [0.15, 0.2) is 23.8 Å². The summed E-state index contributed by atoms with van der Waals surface area (Å²) < 4.78 is 0. The lowest BCUT2D eigenvalue weighted by Crippen LogP contribution is -2.29. The predicted octanol–water partition coefficient (Wildman–Crippen LogP) is 1.98. The number of anilines is 1. The van der Waals surface area contributed by atoms with Crippen LogP contribution in [0.2, 0.25) is 0 Å². The van der Waals surface area contributed by atoms with Crippen molar-refractivity contribution in [2.45, 2.75) is 19.3 Å². The second-order valence-corrected chi connectivity index (χ2v) is 5.09. The molecule has 1 fully saturated rings.